The van der Waals surface area contributed by atoms with Gasteiger partial charge in [-0.3, -0.25) is 13.9 Å². The lowest BCUT2D eigenvalue weighted by Gasteiger charge is -2.12. The number of aliphatic hydroxyl groups excluding tert-OH is 1. The van der Waals surface area contributed by atoms with Crippen LogP contribution in [0.1, 0.15) is 37.6 Å². The molecular formula is C25H28ClF3N4O4. The third kappa shape index (κ3) is 7.14. The van der Waals surface area contributed by atoms with Crippen LogP contribution in [-0.2, 0) is 31.3 Å². The van der Waals surface area contributed by atoms with Gasteiger partial charge < -0.3 is 14.4 Å². The highest BCUT2D eigenvalue weighted by molar-refractivity contribution is 6.30. The van der Waals surface area contributed by atoms with Crippen LogP contribution in [0.5, 0.6) is 0 Å². The van der Waals surface area contributed by atoms with E-state index in [1.54, 1.807) is 41.8 Å². The largest absolute Gasteiger partial charge is 0.573 e. The average Bonchev–Trinajstić information content (AvgIpc) is 3.20. The van der Waals surface area contributed by atoms with Crippen molar-refractivity contribution in [1.29, 1.82) is 0 Å². The van der Waals surface area contributed by atoms with Gasteiger partial charge in [-0.15, -0.1) is 13.2 Å². The van der Waals surface area contributed by atoms with Gasteiger partial charge in [0.2, 0.25) is 0 Å². The number of aryl methyl sites for hydroxylation is 2. The standard InChI is InChI=1S/C25H28ClF3N4O4/c1-3-4-7-19(37-25(27,28)29)8-5-9-20-30-22-21(33(20)16-17-10-12-18(26)13-11-17)23(35)32(14-6-15-34)24(36)31(22)2/h4,7-8,10-13,34H,3,5-6,9,14-16H2,1-2H3/b7-4-,19-8+. The first kappa shape index (κ1) is 28.3. The number of aliphatic hydroxyl groups is 1. The van der Waals surface area contributed by atoms with E-state index in [1.807, 2.05) is 0 Å². The zero-order valence-electron chi connectivity index (χ0n) is 20.5. The van der Waals surface area contributed by atoms with Gasteiger partial charge in [-0.25, -0.2) is 9.78 Å². The summed E-state index contributed by atoms with van der Waals surface area (Å²) in [5, 5.41) is 9.73. The van der Waals surface area contributed by atoms with Gasteiger partial charge in [0.05, 0.1) is 0 Å². The minimum atomic E-state index is -4.83. The predicted molar refractivity (Wildman–Crippen MR) is 134 cm³/mol. The second-order valence-corrected chi connectivity index (χ2v) is 8.73. The summed E-state index contributed by atoms with van der Waals surface area (Å²) < 4.78 is 46.5. The van der Waals surface area contributed by atoms with Crippen molar-refractivity contribution >= 4 is 22.8 Å². The number of halogens is 4. The SMILES string of the molecule is CC/C=C\C(=C/CCc1nc2c(c(=O)n(CCCO)c(=O)n2C)n1Cc1ccc(Cl)cc1)OC(F)(F)F. The van der Waals surface area contributed by atoms with E-state index in [4.69, 9.17) is 11.6 Å². The fourth-order valence-electron chi connectivity index (χ4n) is 3.83. The Morgan fingerprint density at radius 1 is 1.19 bits per heavy atom. The number of ether oxygens (including phenoxy) is 1. The van der Waals surface area contributed by atoms with Gasteiger partial charge in [-0.05, 0) is 49.1 Å². The smallest absolute Gasteiger partial charge is 0.406 e. The first-order valence-corrected chi connectivity index (χ1v) is 12.1. The van der Waals surface area contributed by atoms with Crippen LogP contribution in [0.3, 0.4) is 0 Å². The summed E-state index contributed by atoms with van der Waals surface area (Å²) in [6.45, 7) is 1.86. The number of rotatable bonds is 11. The van der Waals surface area contributed by atoms with Gasteiger partial charge in [0.1, 0.15) is 11.6 Å². The van der Waals surface area contributed by atoms with Crippen LogP contribution in [0.4, 0.5) is 13.2 Å². The first-order valence-electron chi connectivity index (χ1n) is 11.7. The number of imidazole rings is 1. The number of benzene rings is 1. The van der Waals surface area contributed by atoms with E-state index in [-0.39, 0.29) is 55.9 Å². The van der Waals surface area contributed by atoms with Crippen molar-refractivity contribution in [2.75, 3.05) is 6.61 Å². The van der Waals surface area contributed by atoms with Gasteiger partial charge >= 0.3 is 12.1 Å². The second kappa shape index (κ2) is 12.3. The summed E-state index contributed by atoms with van der Waals surface area (Å²) >= 11 is 6.00. The molecule has 0 saturated heterocycles. The quantitative estimate of drug-likeness (QED) is 0.289. The molecule has 0 fully saturated rings. The van der Waals surface area contributed by atoms with Crippen molar-refractivity contribution in [2.45, 2.75) is 52.1 Å². The summed E-state index contributed by atoms with van der Waals surface area (Å²) in [6, 6.07) is 6.98. The molecule has 1 aromatic carbocycles. The number of hydrogen-bond acceptors (Lipinski definition) is 5. The van der Waals surface area contributed by atoms with Crippen LogP contribution in [0.2, 0.25) is 5.02 Å². The third-order valence-electron chi connectivity index (χ3n) is 5.57. The van der Waals surface area contributed by atoms with Gasteiger partial charge in [-0.2, -0.15) is 0 Å². The molecule has 0 aliphatic rings. The average molecular weight is 541 g/mol. The number of allylic oxidation sites excluding steroid dienone is 3. The molecule has 8 nitrogen and oxygen atoms in total. The zero-order valence-corrected chi connectivity index (χ0v) is 21.2. The highest BCUT2D eigenvalue weighted by Crippen LogP contribution is 2.23. The first-order chi connectivity index (χ1) is 17.6. The molecule has 0 bridgehead atoms. The van der Waals surface area contributed by atoms with Crippen molar-refractivity contribution in [3.8, 4) is 0 Å². The molecule has 0 unspecified atom stereocenters. The Bertz CT molecular complexity index is 1400. The molecule has 3 rings (SSSR count). The lowest BCUT2D eigenvalue weighted by molar-refractivity contribution is -0.303. The molecule has 2 heterocycles. The monoisotopic (exact) mass is 540 g/mol. The molecule has 3 aromatic rings. The van der Waals surface area contributed by atoms with E-state index in [1.165, 1.54) is 23.8 Å². The van der Waals surface area contributed by atoms with Crippen LogP contribution in [-0.4, -0.2) is 36.8 Å². The maximum atomic E-state index is 13.4. The van der Waals surface area contributed by atoms with Crippen LogP contribution in [0.15, 0.2) is 57.8 Å². The molecule has 0 saturated carbocycles. The third-order valence-corrected chi connectivity index (χ3v) is 5.82. The molecule has 2 aromatic heterocycles. The summed E-state index contributed by atoms with van der Waals surface area (Å²) in [5.41, 5.74) is 0.0379. The fourth-order valence-corrected chi connectivity index (χ4v) is 3.96. The lowest BCUT2D eigenvalue weighted by atomic mass is 10.2. The normalized spacial score (nSPS) is 12.7. The molecular weight excluding hydrogens is 513 g/mol. The lowest BCUT2D eigenvalue weighted by Crippen LogP contribution is -2.40. The van der Waals surface area contributed by atoms with E-state index >= 15 is 0 Å². The fraction of sp³-hybridized carbons (Fsp3) is 0.400. The summed E-state index contributed by atoms with van der Waals surface area (Å²) in [5.74, 6) is 0.0764. The maximum Gasteiger partial charge on any atom is 0.573 e. The Morgan fingerprint density at radius 3 is 2.51 bits per heavy atom. The van der Waals surface area contributed by atoms with E-state index < -0.39 is 17.6 Å². The van der Waals surface area contributed by atoms with Gasteiger partial charge in [0.15, 0.2) is 11.2 Å². The minimum Gasteiger partial charge on any atom is -0.406 e. The predicted octanol–water partition coefficient (Wildman–Crippen LogP) is 4.30. The van der Waals surface area contributed by atoms with E-state index in [2.05, 4.69) is 9.72 Å². The van der Waals surface area contributed by atoms with Crippen LogP contribution >= 0.6 is 11.6 Å². The second-order valence-electron chi connectivity index (χ2n) is 8.29. The topological polar surface area (TPSA) is 91.3 Å². The molecule has 0 amide bonds. The van der Waals surface area contributed by atoms with Crippen molar-refractivity contribution in [1.82, 2.24) is 18.7 Å². The maximum absolute atomic E-state index is 13.4. The van der Waals surface area contributed by atoms with Gasteiger partial charge in [0.25, 0.3) is 5.56 Å². The molecule has 12 heteroatoms. The molecule has 1 N–H and O–H groups in total. The summed E-state index contributed by atoms with van der Waals surface area (Å²) in [4.78, 5) is 30.7. The summed E-state index contributed by atoms with van der Waals surface area (Å²) in [7, 11) is 1.49. The molecule has 0 atom stereocenters. The van der Waals surface area contributed by atoms with Crippen molar-refractivity contribution in [2.24, 2.45) is 7.05 Å². The zero-order chi connectivity index (χ0) is 27.2. The highest BCUT2D eigenvalue weighted by Gasteiger charge is 2.31. The Morgan fingerprint density at radius 2 is 1.89 bits per heavy atom. The Balaban J connectivity index is 2.09. The molecule has 0 spiro atoms. The van der Waals surface area contributed by atoms with E-state index in [0.717, 1.165) is 10.1 Å². The molecule has 200 valence electrons. The number of alkyl halides is 3. The Labute approximate surface area is 215 Å². The number of fused-ring (bicyclic) bond motifs is 1. The van der Waals surface area contributed by atoms with Crippen molar-refractivity contribution in [3.05, 3.63) is 85.5 Å². The molecule has 37 heavy (non-hydrogen) atoms. The van der Waals surface area contributed by atoms with Crippen LogP contribution in [0, 0.1) is 0 Å². The van der Waals surface area contributed by atoms with Gasteiger partial charge in [0, 0.05) is 38.2 Å². The molecule has 0 aliphatic heterocycles. The van der Waals surface area contributed by atoms with Crippen molar-refractivity contribution in [3.63, 3.8) is 0 Å². The molecule has 0 aliphatic carbocycles. The van der Waals surface area contributed by atoms with E-state index in [0.29, 0.717) is 17.3 Å². The van der Waals surface area contributed by atoms with E-state index in [9.17, 15) is 27.9 Å². The summed E-state index contributed by atoms with van der Waals surface area (Å²) in [6.07, 6.45) is 0.357. The van der Waals surface area contributed by atoms with Crippen LogP contribution in [0.25, 0.3) is 11.2 Å². The minimum absolute atomic E-state index is 0.0318. The number of nitrogens with zero attached hydrogens (tertiary/aromatic N) is 4. The van der Waals surface area contributed by atoms with Crippen LogP contribution < -0.4 is 11.2 Å². The van der Waals surface area contributed by atoms with Crippen molar-refractivity contribution < 1.29 is 23.0 Å². The number of hydrogen-bond donors (Lipinski definition) is 1. The molecule has 0 radical (unpaired) electrons. The number of aromatic nitrogens is 4. The van der Waals surface area contributed by atoms with Gasteiger partial charge in [-0.1, -0.05) is 36.7 Å². The highest BCUT2D eigenvalue weighted by atomic mass is 35.5. The Hall–Kier alpha value is -3.31. The Kier molecular flexibility index (Phi) is 9.39.